The predicted octanol–water partition coefficient (Wildman–Crippen LogP) is 2.27. The second-order valence-electron chi connectivity index (χ2n) is 4.59. The molecule has 4 heteroatoms. The first-order valence-electron chi connectivity index (χ1n) is 6.52. The SMILES string of the molecule is NCCc1cc(F)ccc1OCC1CCCCO1. The largest absolute Gasteiger partial charge is 0.491 e. The highest BCUT2D eigenvalue weighted by atomic mass is 19.1. The average molecular weight is 253 g/mol. The lowest BCUT2D eigenvalue weighted by molar-refractivity contribution is -0.0112. The molecular weight excluding hydrogens is 233 g/mol. The van der Waals surface area contributed by atoms with Gasteiger partial charge in [-0.05, 0) is 56.0 Å². The van der Waals surface area contributed by atoms with Gasteiger partial charge in [-0.2, -0.15) is 0 Å². The Morgan fingerprint density at radius 3 is 3.00 bits per heavy atom. The minimum absolute atomic E-state index is 0.162. The third-order valence-corrected chi connectivity index (χ3v) is 3.13. The minimum atomic E-state index is -0.250. The summed E-state index contributed by atoms with van der Waals surface area (Å²) in [4.78, 5) is 0. The Bertz CT molecular complexity index is 378. The summed E-state index contributed by atoms with van der Waals surface area (Å²) in [5.74, 6) is 0.468. The Morgan fingerprint density at radius 1 is 1.39 bits per heavy atom. The van der Waals surface area contributed by atoms with Crippen LogP contribution in [0.15, 0.2) is 18.2 Å². The zero-order valence-corrected chi connectivity index (χ0v) is 10.5. The molecule has 0 spiro atoms. The molecule has 0 saturated carbocycles. The second kappa shape index (κ2) is 6.71. The zero-order valence-electron chi connectivity index (χ0n) is 10.5. The van der Waals surface area contributed by atoms with E-state index in [1.807, 2.05) is 0 Å². The minimum Gasteiger partial charge on any atom is -0.491 e. The number of nitrogens with two attached hydrogens (primary N) is 1. The topological polar surface area (TPSA) is 44.5 Å². The Kier molecular flexibility index (Phi) is 4.96. The molecule has 1 aliphatic rings. The van der Waals surface area contributed by atoms with Crippen molar-refractivity contribution in [2.45, 2.75) is 31.8 Å². The van der Waals surface area contributed by atoms with Crippen LogP contribution in [-0.4, -0.2) is 25.9 Å². The molecule has 100 valence electrons. The lowest BCUT2D eigenvalue weighted by Crippen LogP contribution is -2.26. The number of hydrogen-bond acceptors (Lipinski definition) is 3. The van der Waals surface area contributed by atoms with Crippen molar-refractivity contribution in [3.8, 4) is 5.75 Å². The summed E-state index contributed by atoms with van der Waals surface area (Å²) in [6.07, 6.45) is 4.14. The molecule has 2 N–H and O–H groups in total. The van der Waals surface area contributed by atoms with Gasteiger partial charge in [0, 0.05) is 6.61 Å². The molecule has 1 heterocycles. The Hall–Kier alpha value is -1.13. The van der Waals surface area contributed by atoms with Crippen molar-refractivity contribution < 1.29 is 13.9 Å². The maximum absolute atomic E-state index is 13.1. The first-order chi connectivity index (χ1) is 8.79. The first kappa shape index (κ1) is 13.3. The van der Waals surface area contributed by atoms with Crippen LogP contribution in [0, 0.1) is 5.82 Å². The van der Waals surface area contributed by atoms with Crippen LogP contribution >= 0.6 is 0 Å². The summed E-state index contributed by atoms with van der Waals surface area (Å²) in [6, 6.07) is 4.57. The molecule has 0 aromatic heterocycles. The van der Waals surface area contributed by atoms with Gasteiger partial charge in [0.15, 0.2) is 0 Å². The van der Waals surface area contributed by atoms with E-state index in [0.29, 0.717) is 19.6 Å². The molecule has 1 atom stereocenters. The predicted molar refractivity (Wildman–Crippen MR) is 68.2 cm³/mol. The van der Waals surface area contributed by atoms with E-state index in [1.165, 1.54) is 18.6 Å². The summed E-state index contributed by atoms with van der Waals surface area (Å²) in [7, 11) is 0. The molecule has 0 aliphatic carbocycles. The number of halogens is 1. The summed E-state index contributed by atoms with van der Waals surface area (Å²) < 4.78 is 24.5. The van der Waals surface area contributed by atoms with Crippen molar-refractivity contribution >= 4 is 0 Å². The van der Waals surface area contributed by atoms with Crippen LogP contribution in [-0.2, 0) is 11.2 Å². The summed E-state index contributed by atoms with van der Waals surface area (Å²) in [5.41, 5.74) is 6.34. The molecule has 3 nitrogen and oxygen atoms in total. The van der Waals surface area contributed by atoms with E-state index in [4.69, 9.17) is 15.2 Å². The van der Waals surface area contributed by atoms with Crippen LogP contribution in [0.5, 0.6) is 5.75 Å². The number of ether oxygens (including phenoxy) is 2. The van der Waals surface area contributed by atoms with E-state index in [1.54, 1.807) is 6.07 Å². The maximum Gasteiger partial charge on any atom is 0.123 e. The summed E-state index contributed by atoms with van der Waals surface area (Å²) >= 11 is 0. The molecule has 0 radical (unpaired) electrons. The van der Waals surface area contributed by atoms with Crippen LogP contribution in [0.2, 0.25) is 0 Å². The molecular formula is C14H20FNO2. The van der Waals surface area contributed by atoms with Gasteiger partial charge in [0.2, 0.25) is 0 Å². The van der Waals surface area contributed by atoms with Gasteiger partial charge in [0.05, 0.1) is 6.10 Å². The monoisotopic (exact) mass is 253 g/mol. The Labute approximate surface area is 107 Å². The van der Waals surface area contributed by atoms with Crippen LogP contribution in [0.1, 0.15) is 24.8 Å². The zero-order chi connectivity index (χ0) is 12.8. The van der Waals surface area contributed by atoms with Crippen molar-refractivity contribution in [3.63, 3.8) is 0 Å². The van der Waals surface area contributed by atoms with Crippen LogP contribution in [0.25, 0.3) is 0 Å². The van der Waals surface area contributed by atoms with Gasteiger partial charge >= 0.3 is 0 Å². The molecule has 1 aliphatic heterocycles. The van der Waals surface area contributed by atoms with Gasteiger partial charge in [0.1, 0.15) is 18.2 Å². The van der Waals surface area contributed by atoms with Gasteiger partial charge in [-0.25, -0.2) is 4.39 Å². The first-order valence-corrected chi connectivity index (χ1v) is 6.52. The highest BCUT2D eigenvalue weighted by molar-refractivity contribution is 5.34. The van der Waals surface area contributed by atoms with Crippen molar-refractivity contribution in [2.75, 3.05) is 19.8 Å². The van der Waals surface area contributed by atoms with Crippen molar-refractivity contribution in [3.05, 3.63) is 29.6 Å². The van der Waals surface area contributed by atoms with E-state index in [-0.39, 0.29) is 11.9 Å². The molecule has 1 aromatic carbocycles. The van der Waals surface area contributed by atoms with E-state index >= 15 is 0 Å². The quantitative estimate of drug-likeness (QED) is 0.875. The molecule has 1 unspecified atom stereocenters. The van der Waals surface area contributed by atoms with E-state index in [0.717, 1.165) is 30.8 Å². The lowest BCUT2D eigenvalue weighted by atomic mass is 10.1. The lowest BCUT2D eigenvalue weighted by Gasteiger charge is -2.23. The highest BCUT2D eigenvalue weighted by Crippen LogP contribution is 2.21. The molecule has 18 heavy (non-hydrogen) atoms. The van der Waals surface area contributed by atoms with Crippen molar-refractivity contribution in [1.29, 1.82) is 0 Å². The van der Waals surface area contributed by atoms with Gasteiger partial charge in [-0.3, -0.25) is 0 Å². The fraction of sp³-hybridized carbons (Fsp3) is 0.571. The summed E-state index contributed by atoms with van der Waals surface area (Å²) in [5, 5.41) is 0. The van der Waals surface area contributed by atoms with Crippen LogP contribution in [0.4, 0.5) is 4.39 Å². The maximum atomic E-state index is 13.1. The second-order valence-corrected chi connectivity index (χ2v) is 4.59. The highest BCUT2D eigenvalue weighted by Gasteiger charge is 2.15. The van der Waals surface area contributed by atoms with Gasteiger partial charge in [-0.1, -0.05) is 0 Å². The third-order valence-electron chi connectivity index (χ3n) is 3.13. The van der Waals surface area contributed by atoms with Crippen LogP contribution in [0.3, 0.4) is 0 Å². The average Bonchev–Trinajstić information content (AvgIpc) is 2.39. The fourth-order valence-corrected chi connectivity index (χ4v) is 2.16. The van der Waals surface area contributed by atoms with E-state index in [9.17, 15) is 4.39 Å². The van der Waals surface area contributed by atoms with Gasteiger partial charge in [-0.15, -0.1) is 0 Å². The number of rotatable bonds is 5. The van der Waals surface area contributed by atoms with E-state index in [2.05, 4.69) is 0 Å². The summed E-state index contributed by atoms with van der Waals surface area (Å²) in [6.45, 7) is 1.83. The van der Waals surface area contributed by atoms with Crippen LogP contribution < -0.4 is 10.5 Å². The molecule has 1 fully saturated rings. The smallest absolute Gasteiger partial charge is 0.123 e. The molecule has 1 saturated heterocycles. The molecule has 2 rings (SSSR count). The number of hydrogen-bond donors (Lipinski definition) is 1. The fourth-order valence-electron chi connectivity index (χ4n) is 2.16. The normalized spacial score (nSPS) is 19.8. The molecule has 0 amide bonds. The molecule has 1 aromatic rings. The Morgan fingerprint density at radius 2 is 2.28 bits per heavy atom. The third kappa shape index (κ3) is 3.68. The van der Waals surface area contributed by atoms with Crippen molar-refractivity contribution in [1.82, 2.24) is 0 Å². The van der Waals surface area contributed by atoms with Gasteiger partial charge < -0.3 is 15.2 Å². The van der Waals surface area contributed by atoms with Crippen molar-refractivity contribution in [2.24, 2.45) is 5.73 Å². The van der Waals surface area contributed by atoms with E-state index < -0.39 is 0 Å². The standard InChI is InChI=1S/C14H20FNO2/c15-12-4-5-14(11(9-12)6-7-16)18-10-13-3-1-2-8-17-13/h4-5,9,13H,1-3,6-8,10,16H2. The van der Waals surface area contributed by atoms with Gasteiger partial charge in [0.25, 0.3) is 0 Å². The number of benzene rings is 1. The molecule has 0 bridgehead atoms. The Balaban J connectivity index is 1.94.